The number of amides is 3. The summed E-state index contributed by atoms with van der Waals surface area (Å²) in [6.07, 6.45) is 0.411. The van der Waals surface area contributed by atoms with Gasteiger partial charge in [0.25, 0.3) is 0 Å². The number of halogens is 1. The van der Waals surface area contributed by atoms with E-state index >= 15 is 0 Å². The Balaban J connectivity index is 2.13. The summed E-state index contributed by atoms with van der Waals surface area (Å²) in [5.74, 6) is 0.899. The highest BCUT2D eigenvalue weighted by Crippen LogP contribution is 2.46. The quantitative estimate of drug-likeness (QED) is 0.635. The Morgan fingerprint density at radius 1 is 1.20 bits per heavy atom. The Morgan fingerprint density at radius 3 is 2.30 bits per heavy atom. The summed E-state index contributed by atoms with van der Waals surface area (Å²) in [4.78, 5) is 27.3. The number of benzene rings is 1. The second-order valence-corrected chi connectivity index (χ2v) is 9.95. The summed E-state index contributed by atoms with van der Waals surface area (Å²) in [5, 5.41) is 17.7. The molecule has 1 aliphatic heterocycles. The first-order valence-electron chi connectivity index (χ1n) is 10.5. The van der Waals surface area contributed by atoms with Crippen LogP contribution >= 0.6 is 11.6 Å². The van der Waals surface area contributed by atoms with Crippen molar-refractivity contribution in [2.75, 3.05) is 19.6 Å². The third-order valence-corrected chi connectivity index (χ3v) is 6.16. The van der Waals surface area contributed by atoms with Crippen molar-refractivity contribution in [2.24, 2.45) is 11.3 Å². The van der Waals surface area contributed by atoms with Gasteiger partial charge in [-0.1, -0.05) is 65.3 Å². The Bertz CT molecular complexity index is 749. The molecule has 1 saturated heterocycles. The molecule has 0 saturated carbocycles. The van der Waals surface area contributed by atoms with Crippen LogP contribution in [0.5, 0.6) is 0 Å². The predicted octanol–water partition coefficient (Wildman–Crippen LogP) is 3.72. The highest BCUT2D eigenvalue weighted by atomic mass is 35.5. The predicted molar refractivity (Wildman–Crippen MR) is 120 cm³/mol. The summed E-state index contributed by atoms with van der Waals surface area (Å²) < 4.78 is 0. The molecule has 1 heterocycles. The van der Waals surface area contributed by atoms with Crippen molar-refractivity contribution in [1.82, 2.24) is 15.5 Å². The van der Waals surface area contributed by atoms with Crippen molar-refractivity contribution in [3.63, 3.8) is 0 Å². The smallest absolute Gasteiger partial charge is 0.315 e. The fraction of sp³-hybridized carbons (Fsp3) is 0.609. The maximum Gasteiger partial charge on any atom is 0.315 e. The first kappa shape index (κ1) is 24.5. The third-order valence-electron chi connectivity index (χ3n) is 5.90. The number of urea groups is 1. The van der Waals surface area contributed by atoms with Gasteiger partial charge in [0.2, 0.25) is 5.91 Å². The van der Waals surface area contributed by atoms with Crippen molar-refractivity contribution in [1.29, 1.82) is 0 Å². The normalized spacial score (nSPS) is 22.1. The van der Waals surface area contributed by atoms with Gasteiger partial charge in [0.15, 0.2) is 0 Å². The first-order valence-corrected chi connectivity index (χ1v) is 10.9. The van der Waals surface area contributed by atoms with Crippen molar-refractivity contribution < 1.29 is 14.7 Å². The Labute approximate surface area is 185 Å². The van der Waals surface area contributed by atoms with Crippen molar-refractivity contribution in [3.05, 3.63) is 40.8 Å². The number of nitrogens with one attached hydrogen (secondary N) is 2. The van der Waals surface area contributed by atoms with Crippen LogP contribution in [0.3, 0.4) is 0 Å². The summed E-state index contributed by atoms with van der Waals surface area (Å²) in [6, 6.07) is 6.26. The van der Waals surface area contributed by atoms with E-state index in [1.54, 1.807) is 17.0 Å². The molecule has 0 aliphatic carbocycles. The zero-order valence-electron chi connectivity index (χ0n) is 18.9. The molecule has 3 N–H and O–H groups in total. The van der Waals surface area contributed by atoms with Gasteiger partial charge in [-0.25, -0.2) is 4.79 Å². The maximum absolute atomic E-state index is 13.3. The lowest BCUT2D eigenvalue weighted by atomic mass is 9.66. The van der Waals surface area contributed by atoms with Crippen LogP contribution in [0.1, 0.15) is 53.5 Å². The van der Waals surface area contributed by atoms with E-state index in [4.69, 9.17) is 11.6 Å². The Morgan fingerprint density at radius 2 is 1.80 bits per heavy atom. The highest BCUT2D eigenvalue weighted by Gasteiger charge is 2.50. The molecule has 30 heavy (non-hydrogen) atoms. The summed E-state index contributed by atoms with van der Waals surface area (Å²) in [6.45, 7) is 12.9. The van der Waals surface area contributed by atoms with Crippen molar-refractivity contribution >= 4 is 23.5 Å². The van der Waals surface area contributed by atoms with Gasteiger partial charge in [-0.2, -0.15) is 0 Å². The zero-order chi connectivity index (χ0) is 22.7. The van der Waals surface area contributed by atoms with Gasteiger partial charge in [-0.3, -0.25) is 4.79 Å². The van der Waals surface area contributed by atoms with Crippen LogP contribution in [-0.4, -0.2) is 47.6 Å². The summed E-state index contributed by atoms with van der Waals surface area (Å²) in [5.41, 5.74) is -0.846. The van der Waals surface area contributed by atoms with Crippen LogP contribution in [0, 0.1) is 17.3 Å². The van der Waals surface area contributed by atoms with E-state index in [2.05, 4.69) is 10.6 Å². The summed E-state index contributed by atoms with van der Waals surface area (Å²) in [7, 11) is 0. The lowest BCUT2D eigenvalue weighted by Gasteiger charge is -2.51. The van der Waals surface area contributed by atoms with Gasteiger partial charge in [0.1, 0.15) is 6.04 Å². The number of likely N-dealkylation sites (tertiary alicyclic amines) is 1. The molecule has 0 spiro atoms. The Kier molecular flexibility index (Phi) is 7.80. The van der Waals surface area contributed by atoms with E-state index in [1.165, 1.54) is 0 Å². The molecule has 7 heteroatoms. The molecule has 1 aromatic rings. The van der Waals surface area contributed by atoms with E-state index < -0.39 is 17.1 Å². The van der Waals surface area contributed by atoms with Crippen molar-refractivity contribution in [3.8, 4) is 0 Å². The minimum Gasteiger partial charge on any atom is -0.384 e. The molecular formula is C23H35ClN3O3. The molecule has 0 aromatic heterocycles. The zero-order valence-corrected chi connectivity index (χ0v) is 19.6. The monoisotopic (exact) mass is 436 g/mol. The number of hydrogen-bond donors (Lipinski definition) is 3. The summed E-state index contributed by atoms with van der Waals surface area (Å²) >= 11 is 6.00. The first-order chi connectivity index (χ1) is 13.9. The minimum atomic E-state index is -1.07. The number of nitrogens with zero attached hydrogens (tertiary/aromatic N) is 1. The molecule has 2 atom stereocenters. The molecule has 6 nitrogen and oxygen atoms in total. The number of piperidine rings is 1. The van der Waals surface area contributed by atoms with Crippen molar-refractivity contribution in [2.45, 2.75) is 59.6 Å². The molecule has 167 valence electrons. The van der Waals surface area contributed by atoms with Gasteiger partial charge < -0.3 is 20.6 Å². The van der Waals surface area contributed by atoms with Gasteiger partial charge in [-0.05, 0) is 36.0 Å². The van der Waals surface area contributed by atoms with Gasteiger partial charge in [0, 0.05) is 30.1 Å². The van der Waals surface area contributed by atoms with E-state index in [1.807, 2.05) is 53.7 Å². The number of carbonyl (C=O) groups is 2. The average molecular weight is 437 g/mol. The molecule has 1 aromatic carbocycles. The van der Waals surface area contributed by atoms with E-state index in [0.29, 0.717) is 31.1 Å². The highest BCUT2D eigenvalue weighted by molar-refractivity contribution is 6.30. The average Bonchev–Trinajstić information content (AvgIpc) is 2.66. The molecule has 1 aliphatic rings. The van der Waals surface area contributed by atoms with E-state index in [9.17, 15) is 14.7 Å². The van der Waals surface area contributed by atoms with Gasteiger partial charge in [-0.15, -0.1) is 0 Å². The number of hydrogen-bond acceptors (Lipinski definition) is 3. The molecule has 3 amide bonds. The third kappa shape index (κ3) is 5.46. The fourth-order valence-corrected chi connectivity index (χ4v) is 4.06. The fourth-order valence-electron chi connectivity index (χ4n) is 3.93. The van der Waals surface area contributed by atoms with Crippen LogP contribution in [-0.2, 0) is 10.4 Å². The van der Waals surface area contributed by atoms with Crippen LogP contribution in [0.2, 0.25) is 5.02 Å². The van der Waals surface area contributed by atoms with Crippen LogP contribution in [0.4, 0.5) is 4.79 Å². The van der Waals surface area contributed by atoms with Crippen LogP contribution < -0.4 is 10.6 Å². The lowest BCUT2D eigenvalue weighted by molar-refractivity contribution is -0.155. The van der Waals surface area contributed by atoms with E-state index in [0.717, 1.165) is 11.5 Å². The van der Waals surface area contributed by atoms with Gasteiger partial charge in [0.05, 0.1) is 5.60 Å². The molecule has 0 bridgehead atoms. The van der Waals surface area contributed by atoms with Crippen LogP contribution in [0.15, 0.2) is 24.3 Å². The number of aliphatic hydroxyl groups is 1. The number of rotatable bonds is 6. The minimum absolute atomic E-state index is 0.0601. The number of carbonyl (C=O) groups excluding carboxylic acids is 2. The lowest BCUT2D eigenvalue weighted by Crippen LogP contribution is -2.61. The topological polar surface area (TPSA) is 81.7 Å². The largest absolute Gasteiger partial charge is 0.384 e. The van der Waals surface area contributed by atoms with Gasteiger partial charge >= 0.3 is 6.03 Å². The molecule has 1 fully saturated rings. The second-order valence-electron chi connectivity index (χ2n) is 9.52. The van der Waals surface area contributed by atoms with Crippen LogP contribution in [0.25, 0.3) is 0 Å². The standard InChI is InChI=1S/C23H35ClN3O3/c1-15(2)13-25-21(29)26-19(16(3)4)20(28)27-12-11-23(30,22(5,6)14-27)17-7-9-18(24)10-8-17/h7-10,16,19,30H,11-14H2,1-6H3,(H2,25,26,29)/t19-,23+/m1/s1. The molecule has 2 rings (SSSR count). The maximum atomic E-state index is 13.3. The van der Waals surface area contributed by atoms with E-state index in [-0.39, 0.29) is 17.9 Å². The second kappa shape index (κ2) is 9.56. The molecule has 0 unspecified atom stereocenters. The molecular weight excluding hydrogens is 402 g/mol. The Hall–Kier alpha value is -1.79. The SMILES string of the molecule is C[C](C)CNC(=O)N[C@@H](C(=O)N1CC[C@](O)(c2ccc(Cl)cc2)C(C)(C)C1)C(C)C. The molecule has 1 radical (unpaired) electrons.